The van der Waals surface area contributed by atoms with Crippen LogP contribution in [0.3, 0.4) is 0 Å². The number of hydrogen-bond donors (Lipinski definition) is 2. The normalized spacial score (nSPS) is 10.4. The molecule has 0 bridgehead atoms. The molecule has 0 spiro atoms. The highest BCUT2D eigenvalue weighted by Crippen LogP contribution is 2.11. The first-order chi connectivity index (χ1) is 13.1. The Morgan fingerprint density at radius 1 is 1.04 bits per heavy atom. The zero-order chi connectivity index (χ0) is 19.1. The maximum Gasteiger partial charge on any atom is 0.251 e. The van der Waals surface area contributed by atoms with Gasteiger partial charge in [-0.25, -0.2) is 4.98 Å². The van der Waals surface area contributed by atoms with Gasteiger partial charge >= 0.3 is 0 Å². The van der Waals surface area contributed by atoms with Gasteiger partial charge < -0.3 is 10.6 Å². The standard InChI is InChI=1S/C22H22ClN3O/c1-16-3-2-4-18(13-16)15-26-21-14-19(10-12-24-21)22(27)25-11-9-17-5-7-20(23)8-6-17/h2-8,10,12-14H,9,11,15H2,1H3,(H,24,26)(H,25,27). The van der Waals surface area contributed by atoms with Crippen LogP contribution >= 0.6 is 11.6 Å². The number of aryl methyl sites for hydroxylation is 1. The Morgan fingerprint density at radius 2 is 1.85 bits per heavy atom. The van der Waals surface area contributed by atoms with Crippen LogP contribution in [0.2, 0.25) is 5.02 Å². The number of benzene rings is 2. The molecular formula is C22H22ClN3O. The van der Waals surface area contributed by atoms with Crippen LogP contribution in [-0.2, 0) is 13.0 Å². The molecule has 1 heterocycles. The fraction of sp³-hybridized carbons (Fsp3) is 0.182. The predicted octanol–water partition coefficient (Wildman–Crippen LogP) is 4.63. The highest BCUT2D eigenvalue weighted by Gasteiger charge is 2.07. The van der Waals surface area contributed by atoms with E-state index in [0.717, 1.165) is 12.0 Å². The number of halogens is 1. The summed E-state index contributed by atoms with van der Waals surface area (Å²) in [5.74, 6) is 0.576. The summed E-state index contributed by atoms with van der Waals surface area (Å²) in [7, 11) is 0. The molecule has 1 aromatic heterocycles. The second kappa shape index (κ2) is 9.19. The third-order valence-electron chi connectivity index (χ3n) is 4.19. The molecule has 4 nitrogen and oxygen atoms in total. The fourth-order valence-corrected chi connectivity index (χ4v) is 2.88. The summed E-state index contributed by atoms with van der Waals surface area (Å²) in [5, 5.41) is 6.92. The average Bonchev–Trinajstić information content (AvgIpc) is 2.68. The van der Waals surface area contributed by atoms with Crippen LogP contribution in [0, 0.1) is 6.92 Å². The number of amides is 1. The lowest BCUT2D eigenvalue weighted by Crippen LogP contribution is -2.25. The Labute approximate surface area is 164 Å². The zero-order valence-electron chi connectivity index (χ0n) is 15.2. The third-order valence-corrected chi connectivity index (χ3v) is 4.44. The molecular weight excluding hydrogens is 358 g/mol. The molecule has 5 heteroatoms. The predicted molar refractivity (Wildman–Crippen MR) is 110 cm³/mol. The van der Waals surface area contributed by atoms with Gasteiger partial charge in [0.25, 0.3) is 5.91 Å². The number of nitrogens with one attached hydrogen (secondary N) is 2. The summed E-state index contributed by atoms with van der Waals surface area (Å²) in [6.45, 7) is 3.29. The van der Waals surface area contributed by atoms with Crippen LogP contribution < -0.4 is 10.6 Å². The summed E-state index contributed by atoms with van der Waals surface area (Å²) < 4.78 is 0. The van der Waals surface area contributed by atoms with Crippen molar-refractivity contribution in [2.45, 2.75) is 19.9 Å². The number of hydrogen-bond acceptors (Lipinski definition) is 3. The van der Waals surface area contributed by atoms with Gasteiger partial charge in [0.15, 0.2) is 0 Å². The van der Waals surface area contributed by atoms with Gasteiger partial charge in [-0.1, -0.05) is 53.6 Å². The van der Waals surface area contributed by atoms with Gasteiger partial charge in [-0.2, -0.15) is 0 Å². The van der Waals surface area contributed by atoms with Crippen LogP contribution in [0.5, 0.6) is 0 Å². The zero-order valence-corrected chi connectivity index (χ0v) is 16.0. The minimum Gasteiger partial charge on any atom is -0.366 e. The maximum absolute atomic E-state index is 12.4. The Bertz CT molecular complexity index is 909. The first-order valence-corrected chi connectivity index (χ1v) is 9.26. The molecule has 3 aromatic rings. The quantitative estimate of drug-likeness (QED) is 0.629. The average molecular weight is 380 g/mol. The molecule has 27 heavy (non-hydrogen) atoms. The molecule has 3 rings (SSSR count). The van der Waals surface area contributed by atoms with E-state index in [1.807, 2.05) is 30.3 Å². The van der Waals surface area contributed by atoms with Gasteiger partial charge in [0, 0.05) is 29.9 Å². The summed E-state index contributed by atoms with van der Waals surface area (Å²) in [6, 6.07) is 19.4. The van der Waals surface area contributed by atoms with Crippen LogP contribution in [0.1, 0.15) is 27.0 Å². The molecule has 2 N–H and O–H groups in total. The number of nitrogens with zero attached hydrogens (tertiary/aromatic N) is 1. The minimum atomic E-state index is -0.107. The molecule has 1 amide bonds. The number of aromatic nitrogens is 1. The second-order valence-corrected chi connectivity index (χ2v) is 6.84. The van der Waals surface area contributed by atoms with E-state index in [2.05, 4.69) is 40.7 Å². The minimum absolute atomic E-state index is 0.107. The number of carbonyl (C=O) groups excluding carboxylic acids is 1. The van der Waals surface area contributed by atoms with E-state index < -0.39 is 0 Å². The van der Waals surface area contributed by atoms with Crippen molar-refractivity contribution < 1.29 is 4.79 Å². The van der Waals surface area contributed by atoms with Crippen LogP contribution in [0.25, 0.3) is 0 Å². The van der Waals surface area contributed by atoms with Crippen molar-refractivity contribution in [1.82, 2.24) is 10.3 Å². The van der Waals surface area contributed by atoms with Gasteiger partial charge in [0.1, 0.15) is 5.82 Å². The second-order valence-electron chi connectivity index (χ2n) is 6.40. The van der Waals surface area contributed by atoms with E-state index in [9.17, 15) is 4.79 Å². The van der Waals surface area contributed by atoms with Crippen LogP contribution in [0.4, 0.5) is 5.82 Å². The number of anilines is 1. The van der Waals surface area contributed by atoms with Gasteiger partial charge in [-0.05, 0) is 48.7 Å². The Balaban J connectivity index is 1.52. The third kappa shape index (κ3) is 5.83. The topological polar surface area (TPSA) is 54.0 Å². The maximum atomic E-state index is 12.4. The van der Waals surface area contributed by atoms with E-state index in [4.69, 9.17) is 11.6 Å². The van der Waals surface area contributed by atoms with Gasteiger partial charge in [-0.3, -0.25) is 4.79 Å². The van der Waals surface area contributed by atoms with E-state index in [-0.39, 0.29) is 5.91 Å². The molecule has 0 radical (unpaired) electrons. The number of pyridine rings is 1. The molecule has 0 atom stereocenters. The Kier molecular flexibility index (Phi) is 6.44. The smallest absolute Gasteiger partial charge is 0.251 e. The first kappa shape index (κ1) is 18.9. The summed E-state index contributed by atoms with van der Waals surface area (Å²) >= 11 is 5.88. The molecule has 0 saturated heterocycles. The molecule has 138 valence electrons. The lowest BCUT2D eigenvalue weighted by atomic mass is 10.1. The molecule has 0 aliphatic rings. The van der Waals surface area contributed by atoms with Crippen molar-refractivity contribution in [2.24, 2.45) is 0 Å². The first-order valence-electron chi connectivity index (χ1n) is 8.88. The molecule has 0 unspecified atom stereocenters. The van der Waals surface area contributed by atoms with Crippen LogP contribution in [0.15, 0.2) is 66.9 Å². The molecule has 0 aliphatic carbocycles. The van der Waals surface area contributed by atoms with E-state index in [1.54, 1.807) is 18.3 Å². The summed E-state index contributed by atoms with van der Waals surface area (Å²) in [5.41, 5.74) is 4.12. The van der Waals surface area contributed by atoms with Crippen molar-refractivity contribution >= 4 is 23.3 Å². The van der Waals surface area contributed by atoms with Gasteiger partial charge in [0.05, 0.1) is 0 Å². The molecule has 2 aromatic carbocycles. The van der Waals surface area contributed by atoms with Crippen molar-refractivity contribution in [2.75, 3.05) is 11.9 Å². The molecule has 0 aliphatic heterocycles. The largest absolute Gasteiger partial charge is 0.366 e. The lowest BCUT2D eigenvalue weighted by molar-refractivity contribution is 0.0954. The summed E-state index contributed by atoms with van der Waals surface area (Å²) in [4.78, 5) is 16.7. The molecule has 0 saturated carbocycles. The number of carbonyl (C=O) groups is 1. The highest BCUT2D eigenvalue weighted by atomic mass is 35.5. The van der Waals surface area contributed by atoms with Crippen molar-refractivity contribution in [3.63, 3.8) is 0 Å². The van der Waals surface area contributed by atoms with Gasteiger partial charge in [0.2, 0.25) is 0 Å². The Hall–Kier alpha value is -2.85. The highest BCUT2D eigenvalue weighted by molar-refractivity contribution is 6.30. The number of rotatable bonds is 7. The summed E-state index contributed by atoms with van der Waals surface area (Å²) in [6.07, 6.45) is 2.40. The monoisotopic (exact) mass is 379 g/mol. The van der Waals surface area contributed by atoms with Gasteiger partial charge in [-0.15, -0.1) is 0 Å². The lowest BCUT2D eigenvalue weighted by Gasteiger charge is -2.09. The van der Waals surface area contributed by atoms with E-state index in [0.29, 0.717) is 29.5 Å². The van der Waals surface area contributed by atoms with Crippen molar-refractivity contribution in [3.05, 3.63) is 94.1 Å². The van der Waals surface area contributed by atoms with Crippen molar-refractivity contribution in [1.29, 1.82) is 0 Å². The van der Waals surface area contributed by atoms with E-state index >= 15 is 0 Å². The van der Waals surface area contributed by atoms with Crippen LogP contribution in [-0.4, -0.2) is 17.4 Å². The van der Waals surface area contributed by atoms with E-state index in [1.165, 1.54) is 11.1 Å². The fourth-order valence-electron chi connectivity index (χ4n) is 2.76. The molecule has 0 fully saturated rings. The SMILES string of the molecule is Cc1cccc(CNc2cc(C(=O)NCCc3ccc(Cl)cc3)ccn2)c1. The van der Waals surface area contributed by atoms with Crippen molar-refractivity contribution in [3.8, 4) is 0 Å². The Morgan fingerprint density at radius 3 is 2.63 bits per heavy atom.